The van der Waals surface area contributed by atoms with Crippen molar-refractivity contribution in [2.75, 3.05) is 0 Å². The number of amides is 2. The third kappa shape index (κ3) is 3.44. The van der Waals surface area contributed by atoms with Crippen LogP contribution in [0.2, 0.25) is 0 Å². The number of halogens is 1. The zero-order valence-corrected chi connectivity index (χ0v) is 12.3. The van der Waals surface area contributed by atoms with Crippen molar-refractivity contribution >= 4 is 6.03 Å². The van der Waals surface area contributed by atoms with Crippen LogP contribution in [-0.2, 0) is 6.54 Å². The van der Waals surface area contributed by atoms with Crippen LogP contribution in [-0.4, -0.2) is 22.0 Å². The van der Waals surface area contributed by atoms with E-state index in [1.165, 1.54) is 6.07 Å². The summed E-state index contributed by atoms with van der Waals surface area (Å²) in [7, 11) is 0. The van der Waals surface area contributed by atoms with E-state index in [2.05, 4.69) is 10.3 Å². The zero-order chi connectivity index (χ0) is 15.5. The Morgan fingerprint density at radius 2 is 2.36 bits per heavy atom. The number of furan rings is 1. The average molecular weight is 303 g/mol. The molecule has 0 aromatic carbocycles. The van der Waals surface area contributed by atoms with Crippen molar-refractivity contribution in [3.8, 4) is 0 Å². The monoisotopic (exact) mass is 303 g/mol. The van der Waals surface area contributed by atoms with E-state index in [4.69, 9.17) is 4.42 Å². The molecule has 5 nitrogen and oxygen atoms in total. The molecule has 0 unspecified atom stereocenters. The molecular weight excluding hydrogens is 285 g/mol. The fourth-order valence-electron chi connectivity index (χ4n) is 2.35. The molecule has 2 amide bonds. The lowest BCUT2D eigenvalue weighted by Gasteiger charge is -2.24. The fourth-order valence-corrected chi connectivity index (χ4v) is 2.35. The van der Waals surface area contributed by atoms with Gasteiger partial charge in [-0.2, -0.15) is 0 Å². The average Bonchev–Trinajstić information content (AvgIpc) is 3.21. The largest absolute Gasteiger partial charge is 0.472 e. The first-order valence-electron chi connectivity index (χ1n) is 7.32. The number of nitrogens with zero attached hydrogens (tertiary/aromatic N) is 2. The van der Waals surface area contributed by atoms with Crippen molar-refractivity contribution in [2.45, 2.75) is 38.4 Å². The summed E-state index contributed by atoms with van der Waals surface area (Å²) in [4.78, 5) is 18.1. The highest BCUT2D eigenvalue weighted by atomic mass is 19.1. The number of nitrogens with one attached hydrogen (secondary N) is 1. The van der Waals surface area contributed by atoms with E-state index in [0.717, 1.165) is 24.6 Å². The number of carbonyl (C=O) groups excluding carboxylic acids is 1. The van der Waals surface area contributed by atoms with Crippen LogP contribution in [0.1, 0.15) is 36.9 Å². The molecule has 2 aromatic rings. The van der Waals surface area contributed by atoms with Gasteiger partial charge in [0, 0.05) is 17.8 Å². The van der Waals surface area contributed by atoms with E-state index in [0.29, 0.717) is 12.1 Å². The summed E-state index contributed by atoms with van der Waals surface area (Å²) in [6, 6.07) is 3.05. The molecule has 0 radical (unpaired) electrons. The molecule has 1 aliphatic carbocycles. The molecule has 3 rings (SSSR count). The number of hydrogen-bond acceptors (Lipinski definition) is 3. The first-order chi connectivity index (χ1) is 10.6. The Morgan fingerprint density at radius 3 is 3.00 bits per heavy atom. The lowest BCUT2D eigenvalue weighted by molar-refractivity contribution is 0.188. The summed E-state index contributed by atoms with van der Waals surface area (Å²) in [5, 5.41) is 2.91. The summed E-state index contributed by atoms with van der Waals surface area (Å²) in [6.07, 6.45) is 7.98. The molecule has 6 heteroatoms. The van der Waals surface area contributed by atoms with Crippen LogP contribution in [0.25, 0.3) is 0 Å². The highest BCUT2D eigenvalue weighted by Gasteiger charge is 2.33. The Balaban J connectivity index is 1.66. The molecule has 22 heavy (non-hydrogen) atoms. The quantitative estimate of drug-likeness (QED) is 0.922. The van der Waals surface area contributed by atoms with Crippen LogP contribution in [0, 0.1) is 5.82 Å². The molecule has 0 bridgehead atoms. The Morgan fingerprint density at radius 1 is 1.55 bits per heavy atom. The summed E-state index contributed by atoms with van der Waals surface area (Å²) in [5.74, 6) is -0.406. The predicted octanol–water partition coefficient (Wildman–Crippen LogP) is 3.25. The number of hydrogen-bond donors (Lipinski definition) is 1. The van der Waals surface area contributed by atoms with Crippen molar-refractivity contribution in [3.05, 3.63) is 54.0 Å². The summed E-state index contributed by atoms with van der Waals surface area (Å²) < 4.78 is 18.3. The molecule has 0 aliphatic heterocycles. The fraction of sp³-hybridized carbons (Fsp3) is 0.375. The van der Waals surface area contributed by atoms with E-state index in [-0.39, 0.29) is 18.1 Å². The molecule has 1 N–H and O–H groups in total. The van der Waals surface area contributed by atoms with E-state index in [1.807, 2.05) is 13.0 Å². The minimum atomic E-state index is -0.406. The van der Waals surface area contributed by atoms with E-state index < -0.39 is 5.82 Å². The van der Waals surface area contributed by atoms with Gasteiger partial charge in [-0.15, -0.1) is 0 Å². The smallest absolute Gasteiger partial charge is 0.318 e. The van der Waals surface area contributed by atoms with Gasteiger partial charge in [-0.3, -0.25) is 4.98 Å². The molecule has 0 saturated heterocycles. The van der Waals surface area contributed by atoms with Crippen LogP contribution in [0.5, 0.6) is 0 Å². The number of rotatable bonds is 5. The standard InChI is InChI=1S/C16H18FN3O2/c1-11(13-6-14(17)8-18-7-13)19-16(21)20(15-2-3-15)9-12-4-5-22-10-12/h4-8,10-11,15H,2-3,9H2,1H3,(H,19,21)/t11-/m0/s1. The van der Waals surface area contributed by atoms with Gasteiger partial charge >= 0.3 is 6.03 Å². The Kier molecular flexibility index (Phi) is 4.09. The van der Waals surface area contributed by atoms with Crippen molar-refractivity contribution in [3.63, 3.8) is 0 Å². The van der Waals surface area contributed by atoms with Crippen LogP contribution in [0.3, 0.4) is 0 Å². The maximum atomic E-state index is 13.2. The van der Waals surface area contributed by atoms with Crippen LogP contribution >= 0.6 is 0 Å². The molecule has 0 spiro atoms. The van der Waals surface area contributed by atoms with E-state index in [9.17, 15) is 9.18 Å². The van der Waals surface area contributed by atoms with Crippen molar-refractivity contribution in [1.29, 1.82) is 0 Å². The number of pyridine rings is 1. The molecule has 2 aromatic heterocycles. The second-order valence-corrected chi connectivity index (χ2v) is 5.60. The molecule has 116 valence electrons. The summed E-state index contributed by atoms with van der Waals surface area (Å²) >= 11 is 0. The van der Waals surface area contributed by atoms with Gasteiger partial charge < -0.3 is 14.6 Å². The zero-order valence-electron chi connectivity index (χ0n) is 12.3. The second kappa shape index (κ2) is 6.17. The Hall–Kier alpha value is -2.37. The van der Waals surface area contributed by atoms with Crippen molar-refractivity contribution in [2.24, 2.45) is 0 Å². The lowest BCUT2D eigenvalue weighted by Crippen LogP contribution is -2.41. The minimum Gasteiger partial charge on any atom is -0.472 e. The molecule has 1 aliphatic rings. The molecule has 1 atom stereocenters. The maximum absolute atomic E-state index is 13.2. The first-order valence-corrected chi connectivity index (χ1v) is 7.32. The maximum Gasteiger partial charge on any atom is 0.318 e. The number of aromatic nitrogens is 1. The van der Waals surface area contributed by atoms with Gasteiger partial charge in [-0.1, -0.05) is 0 Å². The summed E-state index contributed by atoms with van der Waals surface area (Å²) in [6.45, 7) is 2.33. The molecule has 1 saturated carbocycles. The Labute approximate surface area is 128 Å². The van der Waals surface area contributed by atoms with Crippen LogP contribution < -0.4 is 5.32 Å². The van der Waals surface area contributed by atoms with E-state index >= 15 is 0 Å². The lowest BCUT2D eigenvalue weighted by atomic mass is 10.1. The van der Waals surface area contributed by atoms with Crippen molar-refractivity contribution in [1.82, 2.24) is 15.2 Å². The van der Waals surface area contributed by atoms with Crippen LogP contribution in [0.4, 0.5) is 9.18 Å². The van der Waals surface area contributed by atoms with Gasteiger partial charge in [-0.25, -0.2) is 9.18 Å². The van der Waals surface area contributed by atoms with Crippen LogP contribution in [0.15, 0.2) is 41.5 Å². The molecule has 1 fully saturated rings. The summed E-state index contributed by atoms with van der Waals surface area (Å²) in [5.41, 5.74) is 1.61. The van der Waals surface area contributed by atoms with Crippen molar-refractivity contribution < 1.29 is 13.6 Å². The molecule has 2 heterocycles. The SMILES string of the molecule is C[C@H](NC(=O)N(Cc1ccoc1)C1CC1)c1cncc(F)c1. The van der Waals surface area contributed by atoms with Gasteiger partial charge in [-0.05, 0) is 37.5 Å². The molecular formula is C16H18FN3O2. The van der Waals surface area contributed by atoms with Gasteiger partial charge in [0.05, 0.1) is 31.3 Å². The minimum absolute atomic E-state index is 0.152. The first kappa shape index (κ1) is 14.6. The van der Waals surface area contributed by atoms with Gasteiger partial charge in [0.15, 0.2) is 0 Å². The highest BCUT2D eigenvalue weighted by Crippen LogP contribution is 2.29. The van der Waals surface area contributed by atoms with E-state index in [1.54, 1.807) is 23.6 Å². The second-order valence-electron chi connectivity index (χ2n) is 5.60. The third-order valence-corrected chi connectivity index (χ3v) is 3.75. The highest BCUT2D eigenvalue weighted by molar-refractivity contribution is 5.75. The topological polar surface area (TPSA) is 58.4 Å². The normalized spacial score (nSPS) is 15.4. The van der Waals surface area contributed by atoms with Gasteiger partial charge in [0.2, 0.25) is 0 Å². The number of carbonyl (C=O) groups is 1. The predicted molar refractivity (Wildman–Crippen MR) is 78.4 cm³/mol. The third-order valence-electron chi connectivity index (χ3n) is 3.75. The number of urea groups is 1. The Bertz CT molecular complexity index is 641. The van der Waals surface area contributed by atoms with Gasteiger partial charge in [0.25, 0.3) is 0 Å². The van der Waals surface area contributed by atoms with Gasteiger partial charge in [0.1, 0.15) is 5.82 Å².